The highest BCUT2D eigenvalue weighted by Gasteiger charge is 2.12. The van der Waals surface area contributed by atoms with E-state index in [0.717, 1.165) is 27.7 Å². The van der Waals surface area contributed by atoms with Gasteiger partial charge in [-0.2, -0.15) is 0 Å². The Morgan fingerprint density at radius 1 is 0.968 bits per heavy atom. The third-order valence-corrected chi connectivity index (χ3v) is 5.23. The zero-order valence-corrected chi connectivity index (χ0v) is 18.4. The van der Waals surface area contributed by atoms with Gasteiger partial charge >= 0.3 is 0 Å². The molecule has 0 bridgehead atoms. The first-order valence-electron chi connectivity index (χ1n) is 9.82. The number of pyridine rings is 2. The molecule has 0 fully saturated rings. The van der Waals surface area contributed by atoms with Crippen molar-refractivity contribution in [2.45, 2.75) is 17.7 Å². The maximum Gasteiger partial charge on any atom is 0.239 e. The monoisotopic (exact) mass is 435 g/mol. The van der Waals surface area contributed by atoms with E-state index in [1.807, 2.05) is 61.5 Å². The lowest BCUT2D eigenvalue weighted by Gasteiger charge is -2.16. The van der Waals surface area contributed by atoms with E-state index in [1.54, 1.807) is 36.0 Å². The molecule has 8 heteroatoms. The van der Waals surface area contributed by atoms with Crippen molar-refractivity contribution in [3.05, 3.63) is 78.1 Å². The molecule has 0 unspecified atom stereocenters. The van der Waals surface area contributed by atoms with E-state index in [-0.39, 0.29) is 24.9 Å². The van der Waals surface area contributed by atoms with Crippen LogP contribution in [0, 0.1) is 6.92 Å². The topological polar surface area (TPSA) is 87.2 Å². The van der Waals surface area contributed by atoms with E-state index in [9.17, 15) is 9.59 Å². The molecule has 0 atom stereocenters. The number of carbonyl (C=O) groups is 2. The summed E-state index contributed by atoms with van der Waals surface area (Å²) in [5, 5.41) is 6.59. The average molecular weight is 436 g/mol. The number of carbonyl (C=O) groups excluding carboxylic acids is 2. The molecule has 1 aromatic carbocycles. The Bertz CT molecular complexity index is 1030. The van der Waals surface area contributed by atoms with Crippen molar-refractivity contribution < 1.29 is 9.59 Å². The van der Waals surface area contributed by atoms with Crippen molar-refractivity contribution >= 4 is 35.1 Å². The van der Waals surface area contributed by atoms with Crippen LogP contribution in [0.15, 0.2) is 71.9 Å². The van der Waals surface area contributed by atoms with Crippen LogP contribution in [-0.4, -0.2) is 46.8 Å². The first-order valence-corrected chi connectivity index (χ1v) is 10.8. The Labute approximate surface area is 186 Å². The van der Waals surface area contributed by atoms with Gasteiger partial charge in [-0.25, -0.2) is 9.97 Å². The molecule has 0 saturated heterocycles. The van der Waals surface area contributed by atoms with Gasteiger partial charge in [-0.1, -0.05) is 24.3 Å². The van der Waals surface area contributed by atoms with Crippen molar-refractivity contribution in [3.8, 4) is 0 Å². The highest BCUT2D eigenvalue weighted by molar-refractivity contribution is 7.98. The zero-order chi connectivity index (χ0) is 22.1. The molecule has 7 nitrogen and oxygen atoms in total. The molecule has 31 heavy (non-hydrogen) atoms. The number of hydrogen-bond acceptors (Lipinski definition) is 6. The summed E-state index contributed by atoms with van der Waals surface area (Å²) in [4.78, 5) is 34.8. The highest BCUT2D eigenvalue weighted by atomic mass is 32.2. The Kier molecular flexibility index (Phi) is 8.14. The lowest BCUT2D eigenvalue weighted by molar-refractivity contribution is -0.119. The third kappa shape index (κ3) is 7.84. The average Bonchev–Trinajstić information content (AvgIpc) is 2.73. The normalized spacial score (nSPS) is 10.7. The molecule has 2 N–H and O–H groups in total. The third-order valence-electron chi connectivity index (χ3n) is 4.22. The second-order valence-electron chi connectivity index (χ2n) is 7.09. The van der Waals surface area contributed by atoms with Gasteiger partial charge in [-0.05, 0) is 55.9 Å². The number of amides is 2. The molecule has 160 valence electrons. The molecule has 0 spiro atoms. The lowest BCUT2D eigenvalue weighted by Crippen LogP contribution is -2.36. The molecule has 0 aliphatic carbocycles. The van der Waals surface area contributed by atoms with Crippen LogP contribution in [-0.2, 0) is 15.3 Å². The summed E-state index contributed by atoms with van der Waals surface area (Å²) in [5.74, 6) is 0.858. The summed E-state index contributed by atoms with van der Waals surface area (Å²) in [6, 6.07) is 19.0. The number of hydrogen-bond donors (Lipinski definition) is 2. The molecule has 2 aromatic heterocycles. The van der Waals surface area contributed by atoms with E-state index in [4.69, 9.17) is 0 Å². The van der Waals surface area contributed by atoms with E-state index < -0.39 is 0 Å². The quantitative estimate of drug-likeness (QED) is 0.500. The number of rotatable bonds is 9. The second kappa shape index (κ2) is 11.2. The van der Waals surface area contributed by atoms with Crippen LogP contribution >= 0.6 is 11.8 Å². The van der Waals surface area contributed by atoms with Crippen LogP contribution in [0.2, 0.25) is 0 Å². The van der Waals surface area contributed by atoms with Crippen molar-refractivity contribution in [2.75, 3.05) is 30.8 Å². The van der Waals surface area contributed by atoms with Crippen LogP contribution < -0.4 is 10.6 Å². The Morgan fingerprint density at radius 2 is 1.74 bits per heavy atom. The summed E-state index contributed by atoms with van der Waals surface area (Å²) in [5.41, 5.74) is 2.64. The molecule has 0 radical (unpaired) electrons. The highest BCUT2D eigenvalue weighted by Crippen LogP contribution is 2.22. The minimum absolute atomic E-state index is 0.0871. The summed E-state index contributed by atoms with van der Waals surface area (Å²) in [6.45, 7) is 2.05. The number of benzene rings is 1. The van der Waals surface area contributed by atoms with Crippen molar-refractivity contribution in [1.82, 2.24) is 14.9 Å². The van der Waals surface area contributed by atoms with Crippen LogP contribution in [0.3, 0.4) is 0 Å². The molecule has 2 amide bonds. The number of aryl methyl sites for hydroxylation is 1. The van der Waals surface area contributed by atoms with E-state index >= 15 is 0 Å². The van der Waals surface area contributed by atoms with E-state index in [0.29, 0.717) is 5.82 Å². The Morgan fingerprint density at radius 3 is 2.48 bits per heavy atom. The summed E-state index contributed by atoms with van der Waals surface area (Å²) in [6.07, 6.45) is 1.77. The number of likely N-dealkylation sites (N-methyl/N-ethyl adjacent to an activating group) is 1. The van der Waals surface area contributed by atoms with Gasteiger partial charge in [0.15, 0.2) is 0 Å². The smallest absolute Gasteiger partial charge is 0.239 e. The van der Waals surface area contributed by atoms with Gasteiger partial charge in [-0.15, -0.1) is 11.8 Å². The standard InChI is InChI=1S/C23H25N5O2S/c1-17-7-5-10-20(25-17)27-22(30)15-28(2)14-21(29)26-19-9-6-8-18(13-19)16-31-23-11-3-4-12-24-23/h3-13H,14-16H2,1-2H3,(H,26,29)(H,25,27,30). The first kappa shape index (κ1) is 22.5. The predicted molar refractivity (Wildman–Crippen MR) is 124 cm³/mol. The number of nitrogens with one attached hydrogen (secondary N) is 2. The van der Waals surface area contributed by atoms with Gasteiger partial charge in [0.2, 0.25) is 11.8 Å². The molecular formula is C23H25N5O2S. The molecule has 0 aliphatic rings. The minimum Gasteiger partial charge on any atom is -0.325 e. The van der Waals surface area contributed by atoms with E-state index in [2.05, 4.69) is 20.6 Å². The predicted octanol–water partition coefficient (Wildman–Crippen LogP) is 3.59. The van der Waals surface area contributed by atoms with Crippen LogP contribution in [0.1, 0.15) is 11.3 Å². The summed E-state index contributed by atoms with van der Waals surface area (Å²) < 4.78 is 0. The fourth-order valence-electron chi connectivity index (χ4n) is 2.87. The maximum atomic E-state index is 12.4. The fraction of sp³-hybridized carbons (Fsp3) is 0.217. The lowest BCUT2D eigenvalue weighted by atomic mass is 10.2. The van der Waals surface area contributed by atoms with Gasteiger partial charge < -0.3 is 10.6 Å². The Hall–Kier alpha value is -3.23. The van der Waals surface area contributed by atoms with Crippen molar-refractivity contribution in [1.29, 1.82) is 0 Å². The summed E-state index contributed by atoms with van der Waals surface area (Å²) in [7, 11) is 1.72. The number of thioether (sulfide) groups is 1. The van der Waals surface area contributed by atoms with Crippen molar-refractivity contribution in [2.24, 2.45) is 0 Å². The number of aromatic nitrogens is 2. The number of nitrogens with zero attached hydrogens (tertiary/aromatic N) is 3. The maximum absolute atomic E-state index is 12.4. The van der Waals surface area contributed by atoms with Gasteiger partial charge in [-0.3, -0.25) is 14.5 Å². The largest absolute Gasteiger partial charge is 0.325 e. The fourth-order valence-corrected chi connectivity index (χ4v) is 3.67. The summed E-state index contributed by atoms with van der Waals surface area (Å²) >= 11 is 1.64. The second-order valence-corrected chi connectivity index (χ2v) is 8.09. The van der Waals surface area contributed by atoms with Gasteiger partial charge in [0.25, 0.3) is 0 Å². The molecule has 3 rings (SSSR count). The van der Waals surface area contributed by atoms with Gasteiger partial charge in [0, 0.05) is 23.3 Å². The van der Waals surface area contributed by atoms with Crippen LogP contribution in [0.25, 0.3) is 0 Å². The van der Waals surface area contributed by atoms with Crippen molar-refractivity contribution in [3.63, 3.8) is 0 Å². The minimum atomic E-state index is -0.220. The molecule has 0 saturated carbocycles. The molecule has 0 aliphatic heterocycles. The van der Waals surface area contributed by atoms with E-state index in [1.165, 1.54) is 0 Å². The molecule has 3 aromatic rings. The first-order chi connectivity index (χ1) is 15.0. The SMILES string of the molecule is Cc1cccc(NC(=O)CN(C)CC(=O)Nc2cccc(CSc3ccccn3)c2)n1. The van der Waals surface area contributed by atoms with Crippen LogP contribution in [0.4, 0.5) is 11.5 Å². The molecular weight excluding hydrogens is 410 g/mol. The van der Waals surface area contributed by atoms with Gasteiger partial charge in [0.05, 0.1) is 18.1 Å². The molecule has 2 heterocycles. The zero-order valence-electron chi connectivity index (χ0n) is 17.5. The van der Waals surface area contributed by atoms with Crippen LogP contribution in [0.5, 0.6) is 0 Å². The van der Waals surface area contributed by atoms with Gasteiger partial charge in [0.1, 0.15) is 5.82 Å². The Balaban J connectivity index is 1.45. The number of anilines is 2.